The van der Waals surface area contributed by atoms with Crippen molar-refractivity contribution in [2.45, 2.75) is 30.0 Å². The lowest BCUT2D eigenvalue weighted by molar-refractivity contribution is -0.132. The number of ether oxygens (including phenoxy) is 1. The molecular weight excluding hydrogens is 553 g/mol. The summed E-state index contributed by atoms with van der Waals surface area (Å²) >= 11 is 2.33. The van der Waals surface area contributed by atoms with E-state index < -0.39 is 17.7 Å². The van der Waals surface area contributed by atoms with Gasteiger partial charge in [-0.15, -0.1) is 10.2 Å². The first kappa shape index (κ1) is 27.4. The van der Waals surface area contributed by atoms with Crippen LogP contribution < -0.4 is 9.64 Å². The van der Waals surface area contributed by atoms with Crippen molar-refractivity contribution in [1.29, 1.82) is 0 Å². The van der Waals surface area contributed by atoms with Crippen LogP contribution in [0.15, 0.2) is 76.6 Å². The van der Waals surface area contributed by atoms with Crippen LogP contribution in [0.3, 0.4) is 0 Å². The largest absolute Gasteiger partial charge is 0.507 e. The summed E-state index contributed by atoms with van der Waals surface area (Å²) in [5.41, 5.74) is 2.12. The third kappa shape index (κ3) is 5.30. The zero-order chi connectivity index (χ0) is 28.4. The summed E-state index contributed by atoms with van der Waals surface area (Å²) in [7, 11) is 0. The van der Waals surface area contributed by atoms with E-state index in [9.17, 15) is 24.2 Å². The lowest BCUT2D eigenvalue weighted by Gasteiger charge is -2.23. The molecule has 4 aromatic rings. The van der Waals surface area contributed by atoms with Crippen LogP contribution in [0.2, 0.25) is 0 Å². The monoisotopic (exact) mass is 577 g/mol. The average Bonchev–Trinajstić information content (AvgIpc) is 3.51. The van der Waals surface area contributed by atoms with Gasteiger partial charge in [0.2, 0.25) is 5.13 Å². The number of nitrogens with zero attached hydrogens (tertiary/aromatic N) is 3. The molecule has 40 heavy (non-hydrogen) atoms. The van der Waals surface area contributed by atoms with Gasteiger partial charge in [-0.1, -0.05) is 77.2 Å². The van der Waals surface area contributed by atoms with E-state index in [0.717, 1.165) is 16.9 Å². The van der Waals surface area contributed by atoms with Gasteiger partial charge >= 0.3 is 5.91 Å². The van der Waals surface area contributed by atoms with E-state index in [2.05, 4.69) is 10.2 Å². The molecule has 1 amide bonds. The number of aliphatic hydroxyl groups excluding tert-OH is 1. The Labute approximate surface area is 237 Å². The molecule has 0 spiro atoms. The maximum Gasteiger partial charge on any atom is 0.301 e. The summed E-state index contributed by atoms with van der Waals surface area (Å²) < 4.78 is 20.1. The van der Waals surface area contributed by atoms with Crippen molar-refractivity contribution in [1.82, 2.24) is 10.2 Å². The normalized spacial score (nSPS) is 16.5. The molecule has 0 radical (unpaired) electrons. The van der Waals surface area contributed by atoms with Crippen molar-refractivity contribution in [2.75, 3.05) is 11.5 Å². The molecule has 1 unspecified atom stereocenters. The van der Waals surface area contributed by atoms with Crippen molar-refractivity contribution >= 4 is 45.7 Å². The zero-order valence-corrected chi connectivity index (χ0v) is 23.1. The van der Waals surface area contributed by atoms with Crippen LogP contribution in [-0.2, 0) is 15.3 Å². The number of carbonyl (C=O) groups excluding carboxylic acids is 2. The highest BCUT2D eigenvalue weighted by Gasteiger charge is 2.48. The average molecular weight is 578 g/mol. The molecule has 5 rings (SSSR count). The number of aliphatic hydroxyl groups is 1. The Hall–Kier alpha value is -4.22. The number of thioether (sulfide) groups is 1. The predicted molar refractivity (Wildman–Crippen MR) is 151 cm³/mol. The van der Waals surface area contributed by atoms with Crippen molar-refractivity contribution in [3.05, 3.63) is 100 Å². The molecule has 2 N–H and O–H groups in total. The number of ketones is 1. The second-order valence-corrected chi connectivity index (χ2v) is 11.1. The number of halogens is 1. The predicted octanol–water partition coefficient (Wildman–Crippen LogP) is 6.01. The second kappa shape index (κ2) is 11.5. The van der Waals surface area contributed by atoms with Gasteiger partial charge in [0, 0.05) is 11.3 Å². The minimum Gasteiger partial charge on any atom is -0.507 e. The van der Waals surface area contributed by atoms with Crippen LogP contribution in [0.4, 0.5) is 9.52 Å². The Bertz CT molecular complexity index is 1620. The van der Waals surface area contributed by atoms with Gasteiger partial charge in [0.15, 0.2) is 15.8 Å². The Morgan fingerprint density at radius 3 is 2.58 bits per heavy atom. The smallest absolute Gasteiger partial charge is 0.301 e. The molecule has 2 heterocycles. The lowest BCUT2D eigenvalue weighted by Crippen LogP contribution is -2.29. The van der Waals surface area contributed by atoms with E-state index in [1.54, 1.807) is 55.5 Å². The minimum atomic E-state index is -1.07. The molecule has 1 fully saturated rings. The van der Waals surface area contributed by atoms with Crippen LogP contribution in [0.25, 0.3) is 5.76 Å². The number of phenolic OH excluding ortho intramolecular Hbond substituents is 1. The summed E-state index contributed by atoms with van der Waals surface area (Å²) in [6.07, 6.45) is 0. The SMILES string of the molecule is CCOc1cc(C2/C(=C(/O)c3ccc(C)cc3)C(=O)C(=O)N2c2nnc(SCc3ccccc3F)s2)ccc1O. The summed E-state index contributed by atoms with van der Waals surface area (Å²) in [6, 6.07) is 16.7. The molecule has 1 aromatic heterocycles. The Morgan fingerprint density at radius 2 is 1.85 bits per heavy atom. The third-order valence-electron chi connectivity index (χ3n) is 6.28. The van der Waals surface area contributed by atoms with E-state index in [1.807, 2.05) is 6.92 Å². The third-order valence-corrected chi connectivity index (χ3v) is 8.38. The first-order valence-electron chi connectivity index (χ1n) is 12.3. The van der Waals surface area contributed by atoms with E-state index in [-0.39, 0.29) is 40.4 Å². The van der Waals surface area contributed by atoms with Gasteiger partial charge in [-0.05, 0) is 43.2 Å². The highest BCUT2D eigenvalue weighted by Crippen LogP contribution is 2.45. The van der Waals surface area contributed by atoms with Crippen molar-refractivity contribution in [2.24, 2.45) is 0 Å². The first-order chi connectivity index (χ1) is 19.3. The standard InChI is InChI=1S/C29H24FN3O5S2/c1-3-38-22-14-18(12-13-21(22)34)24-23(25(35)17-10-8-16(2)9-11-17)26(36)27(37)33(24)28-31-32-29(40-28)39-15-19-6-4-5-7-20(19)30/h4-14,24,34-35H,3,15H2,1-2H3/b25-23-. The molecule has 1 aliphatic rings. The number of carbonyl (C=O) groups is 2. The van der Waals surface area contributed by atoms with Gasteiger partial charge in [0.25, 0.3) is 5.78 Å². The molecule has 1 atom stereocenters. The van der Waals surface area contributed by atoms with E-state index >= 15 is 0 Å². The second-order valence-electron chi connectivity index (χ2n) is 8.93. The number of rotatable bonds is 8. The van der Waals surface area contributed by atoms with Gasteiger partial charge in [-0.2, -0.15) is 0 Å². The summed E-state index contributed by atoms with van der Waals surface area (Å²) in [5.74, 6) is -2.08. The molecule has 204 valence electrons. The van der Waals surface area contributed by atoms with Gasteiger partial charge < -0.3 is 14.9 Å². The maximum absolute atomic E-state index is 14.1. The highest BCUT2D eigenvalue weighted by atomic mass is 32.2. The number of benzene rings is 3. The number of anilines is 1. The molecule has 3 aromatic carbocycles. The van der Waals surface area contributed by atoms with Crippen LogP contribution in [0.5, 0.6) is 11.5 Å². The van der Waals surface area contributed by atoms with Gasteiger partial charge in [-0.25, -0.2) is 4.39 Å². The molecule has 0 saturated carbocycles. The van der Waals surface area contributed by atoms with Gasteiger partial charge in [0.05, 0.1) is 18.2 Å². The molecule has 0 aliphatic carbocycles. The Kier molecular flexibility index (Phi) is 7.85. The fraction of sp³-hybridized carbons (Fsp3) is 0.172. The number of aromatic nitrogens is 2. The summed E-state index contributed by atoms with van der Waals surface area (Å²) in [5, 5.41) is 30.0. The van der Waals surface area contributed by atoms with Crippen molar-refractivity contribution in [3.8, 4) is 11.5 Å². The highest BCUT2D eigenvalue weighted by molar-refractivity contribution is 8.00. The molecule has 1 saturated heterocycles. The number of Topliss-reactive ketones (excluding diaryl/α,β-unsaturated/α-hetero) is 1. The van der Waals surface area contributed by atoms with E-state index in [1.165, 1.54) is 34.9 Å². The molecule has 0 bridgehead atoms. The number of hydrogen-bond acceptors (Lipinski definition) is 9. The molecular formula is C29H24FN3O5S2. The number of aromatic hydroxyl groups is 1. The van der Waals surface area contributed by atoms with Crippen LogP contribution >= 0.6 is 23.1 Å². The minimum absolute atomic E-state index is 0.108. The van der Waals surface area contributed by atoms with Crippen LogP contribution in [-0.4, -0.2) is 38.7 Å². The number of hydrogen-bond donors (Lipinski definition) is 2. The maximum atomic E-state index is 14.1. The van der Waals surface area contributed by atoms with Crippen molar-refractivity contribution in [3.63, 3.8) is 0 Å². The number of amides is 1. The summed E-state index contributed by atoms with van der Waals surface area (Å²) in [4.78, 5) is 28.0. The van der Waals surface area contributed by atoms with Crippen LogP contribution in [0, 0.1) is 12.7 Å². The molecule has 11 heteroatoms. The van der Waals surface area contributed by atoms with Crippen molar-refractivity contribution < 1.29 is 28.9 Å². The van der Waals surface area contributed by atoms with Gasteiger partial charge in [-0.3, -0.25) is 14.5 Å². The topological polar surface area (TPSA) is 113 Å². The van der Waals surface area contributed by atoms with Crippen LogP contribution in [0.1, 0.15) is 35.2 Å². The molecule has 8 nitrogen and oxygen atoms in total. The number of aryl methyl sites for hydroxylation is 1. The quantitative estimate of drug-likeness (QED) is 0.0861. The Balaban J connectivity index is 1.58. The Morgan fingerprint density at radius 1 is 1.10 bits per heavy atom. The van der Waals surface area contributed by atoms with E-state index in [4.69, 9.17) is 4.74 Å². The summed E-state index contributed by atoms with van der Waals surface area (Å²) in [6.45, 7) is 3.93. The zero-order valence-electron chi connectivity index (χ0n) is 21.5. The van der Waals surface area contributed by atoms with E-state index in [0.29, 0.717) is 26.8 Å². The number of phenols is 1. The fourth-order valence-corrected chi connectivity index (χ4v) is 6.15. The van der Waals surface area contributed by atoms with Gasteiger partial charge in [0.1, 0.15) is 11.6 Å². The lowest BCUT2D eigenvalue weighted by atomic mass is 9.95. The first-order valence-corrected chi connectivity index (χ1v) is 14.1. The molecule has 1 aliphatic heterocycles. The fourth-order valence-electron chi connectivity index (χ4n) is 4.30.